The van der Waals surface area contributed by atoms with Crippen LogP contribution >= 0.6 is 34.8 Å². The van der Waals surface area contributed by atoms with Crippen molar-refractivity contribution >= 4 is 40.5 Å². The Bertz CT molecular complexity index is 412. The minimum absolute atomic E-state index is 0.453. The van der Waals surface area contributed by atoms with Crippen molar-refractivity contribution in [3.63, 3.8) is 0 Å². The Hall–Kier alpha value is -0.850. The predicted octanol–water partition coefficient (Wildman–Crippen LogP) is 3.58. The molecular weight excluding hydrogens is 290 g/mol. The second kappa shape index (κ2) is 4.57. The zero-order valence-electron chi connectivity index (χ0n) is 7.22. The number of rotatable bonds is 2. The molecule has 0 aliphatic heterocycles. The molecule has 0 radical (unpaired) electrons. The average molecular weight is 292 g/mol. The molecule has 0 saturated carbocycles. The Labute approximate surface area is 103 Å². The zero-order valence-corrected chi connectivity index (χ0v) is 9.48. The molecule has 1 aromatic rings. The minimum atomic E-state index is -2.36. The average Bonchev–Trinajstić information content (AvgIpc) is 2.09. The van der Waals surface area contributed by atoms with Crippen molar-refractivity contribution in [1.29, 1.82) is 0 Å². The van der Waals surface area contributed by atoms with Crippen molar-refractivity contribution in [2.45, 2.75) is 3.98 Å². The van der Waals surface area contributed by atoms with Crippen LogP contribution in [0.2, 0.25) is 0 Å². The largest absolute Gasteiger partial charge is 0.439 e. The van der Waals surface area contributed by atoms with Crippen LogP contribution in [0.5, 0.6) is 5.75 Å². The Morgan fingerprint density at radius 3 is 2.00 bits per heavy atom. The highest BCUT2D eigenvalue weighted by atomic mass is 35.6. The summed E-state index contributed by atoms with van der Waals surface area (Å²) in [6.07, 6.45) is 0. The van der Waals surface area contributed by atoms with E-state index in [2.05, 4.69) is 4.74 Å². The lowest BCUT2D eigenvalue weighted by Gasteiger charge is -2.14. The minimum Gasteiger partial charge on any atom is -0.439 e. The number of nitro benzene ring substituents is 1. The van der Waals surface area contributed by atoms with Crippen molar-refractivity contribution < 1.29 is 18.4 Å². The second-order valence-corrected chi connectivity index (χ2v) is 4.72. The number of ether oxygens (including phenoxy) is 1. The SMILES string of the molecule is O=[N+]([O-])c1cc(F)c(OC(Cl)(Cl)Cl)c(F)c1. The number of hydrogen-bond acceptors (Lipinski definition) is 3. The van der Waals surface area contributed by atoms with Gasteiger partial charge in [0, 0.05) is 0 Å². The van der Waals surface area contributed by atoms with Crippen molar-refractivity contribution in [2.24, 2.45) is 0 Å². The first-order chi connectivity index (χ1) is 7.20. The van der Waals surface area contributed by atoms with Gasteiger partial charge in [-0.25, -0.2) is 8.78 Å². The maximum atomic E-state index is 13.2. The third kappa shape index (κ3) is 3.33. The predicted molar refractivity (Wildman–Crippen MR) is 53.9 cm³/mol. The molecule has 0 heterocycles. The van der Waals surface area contributed by atoms with Crippen LogP contribution in [0.3, 0.4) is 0 Å². The molecule has 0 bridgehead atoms. The van der Waals surface area contributed by atoms with Crippen molar-refractivity contribution in [3.05, 3.63) is 33.9 Å². The summed E-state index contributed by atoms with van der Waals surface area (Å²) >= 11 is 15.5. The van der Waals surface area contributed by atoms with E-state index >= 15 is 0 Å². The first kappa shape index (κ1) is 13.2. The third-order valence-corrected chi connectivity index (χ3v) is 1.64. The van der Waals surface area contributed by atoms with Crippen LogP contribution in [-0.2, 0) is 0 Å². The molecule has 4 nitrogen and oxygen atoms in total. The van der Waals surface area contributed by atoms with Crippen molar-refractivity contribution in [2.75, 3.05) is 0 Å². The number of nitro groups is 1. The maximum Gasteiger partial charge on any atom is 0.338 e. The number of hydrogen-bond donors (Lipinski definition) is 0. The molecule has 0 amide bonds. The van der Waals surface area contributed by atoms with E-state index < -0.39 is 32.0 Å². The molecule has 0 spiro atoms. The second-order valence-electron chi connectivity index (χ2n) is 2.54. The van der Waals surface area contributed by atoms with E-state index in [1.54, 1.807) is 0 Å². The lowest BCUT2D eigenvalue weighted by Crippen LogP contribution is -2.15. The van der Waals surface area contributed by atoms with Crippen LogP contribution in [0.4, 0.5) is 14.5 Å². The van der Waals surface area contributed by atoms with Gasteiger partial charge >= 0.3 is 3.98 Å². The van der Waals surface area contributed by atoms with Crippen LogP contribution in [0.25, 0.3) is 0 Å². The summed E-state index contributed by atoms with van der Waals surface area (Å²) in [5.41, 5.74) is -0.772. The van der Waals surface area contributed by atoms with Gasteiger partial charge in [0.15, 0.2) is 17.4 Å². The molecule has 88 valence electrons. The van der Waals surface area contributed by atoms with Crippen LogP contribution in [0.1, 0.15) is 0 Å². The molecule has 0 aromatic heterocycles. The summed E-state index contributed by atoms with van der Waals surface area (Å²) in [5.74, 6) is -3.67. The summed E-state index contributed by atoms with van der Waals surface area (Å²) in [6.45, 7) is 0. The molecule has 1 rings (SSSR count). The summed E-state index contributed by atoms with van der Waals surface area (Å²) in [5, 5.41) is 10.3. The molecule has 0 unspecified atom stereocenters. The van der Waals surface area contributed by atoms with E-state index in [1.807, 2.05) is 0 Å². The summed E-state index contributed by atoms with van der Waals surface area (Å²) < 4.78 is 28.3. The van der Waals surface area contributed by atoms with Gasteiger partial charge in [0.25, 0.3) is 5.69 Å². The molecule has 0 fully saturated rings. The van der Waals surface area contributed by atoms with Gasteiger partial charge in [0.1, 0.15) is 0 Å². The first-order valence-electron chi connectivity index (χ1n) is 3.60. The normalized spacial score (nSPS) is 11.3. The lowest BCUT2D eigenvalue weighted by atomic mass is 10.3. The fourth-order valence-electron chi connectivity index (χ4n) is 0.865. The Balaban J connectivity index is 3.18. The van der Waals surface area contributed by atoms with E-state index in [0.717, 1.165) is 0 Å². The number of benzene rings is 1. The molecule has 0 atom stereocenters. The smallest absolute Gasteiger partial charge is 0.338 e. The van der Waals surface area contributed by atoms with Gasteiger partial charge in [0.2, 0.25) is 0 Å². The molecule has 0 aliphatic carbocycles. The Kier molecular flexibility index (Phi) is 3.77. The van der Waals surface area contributed by atoms with E-state index in [1.165, 1.54) is 0 Å². The fourth-order valence-corrected chi connectivity index (χ4v) is 1.10. The van der Waals surface area contributed by atoms with Crippen molar-refractivity contribution in [1.82, 2.24) is 0 Å². The molecule has 1 aromatic carbocycles. The van der Waals surface area contributed by atoms with Crippen LogP contribution in [0, 0.1) is 21.7 Å². The van der Waals surface area contributed by atoms with Crippen molar-refractivity contribution in [3.8, 4) is 5.75 Å². The third-order valence-electron chi connectivity index (χ3n) is 1.41. The highest BCUT2D eigenvalue weighted by molar-refractivity contribution is 6.66. The first-order valence-corrected chi connectivity index (χ1v) is 4.73. The monoisotopic (exact) mass is 291 g/mol. The fraction of sp³-hybridized carbons (Fsp3) is 0.143. The summed E-state index contributed by atoms with van der Waals surface area (Å²) in [4.78, 5) is 9.29. The molecule has 9 heteroatoms. The zero-order chi connectivity index (χ0) is 12.5. The highest BCUT2D eigenvalue weighted by Gasteiger charge is 2.27. The standard InChI is InChI=1S/C7H2Cl3F2NO3/c8-7(9,10)16-6-4(11)1-3(13(14)15)2-5(6)12/h1-2H. The van der Waals surface area contributed by atoms with Gasteiger partial charge in [-0.15, -0.1) is 0 Å². The number of alkyl halides is 3. The number of halogens is 5. The van der Waals surface area contributed by atoms with Crippen LogP contribution < -0.4 is 4.74 Å². The highest BCUT2D eigenvalue weighted by Crippen LogP contribution is 2.34. The van der Waals surface area contributed by atoms with Gasteiger partial charge in [-0.1, -0.05) is 0 Å². The maximum absolute atomic E-state index is 13.2. The Morgan fingerprint density at radius 2 is 1.69 bits per heavy atom. The molecule has 16 heavy (non-hydrogen) atoms. The molecule has 0 N–H and O–H groups in total. The summed E-state index contributed by atoms with van der Waals surface area (Å²) in [6, 6.07) is 0.906. The van der Waals surface area contributed by atoms with Gasteiger partial charge in [0.05, 0.1) is 17.1 Å². The molecule has 0 saturated heterocycles. The van der Waals surface area contributed by atoms with E-state index in [0.29, 0.717) is 12.1 Å². The quantitative estimate of drug-likeness (QED) is 0.475. The van der Waals surface area contributed by atoms with Gasteiger partial charge < -0.3 is 4.74 Å². The van der Waals surface area contributed by atoms with Gasteiger partial charge in [-0.3, -0.25) is 10.1 Å². The molecule has 0 aliphatic rings. The van der Waals surface area contributed by atoms with E-state index in [9.17, 15) is 18.9 Å². The summed E-state index contributed by atoms with van der Waals surface area (Å²) in [7, 11) is 0. The van der Waals surface area contributed by atoms with Gasteiger partial charge in [-0.2, -0.15) is 0 Å². The van der Waals surface area contributed by atoms with Crippen LogP contribution in [0.15, 0.2) is 12.1 Å². The van der Waals surface area contributed by atoms with Gasteiger partial charge in [-0.05, 0) is 34.8 Å². The molecular formula is C7H2Cl3F2NO3. The number of non-ortho nitro benzene ring substituents is 1. The Morgan fingerprint density at radius 1 is 1.25 bits per heavy atom. The lowest BCUT2D eigenvalue weighted by molar-refractivity contribution is -0.385. The number of nitrogens with zero attached hydrogens (tertiary/aromatic N) is 1. The van der Waals surface area contributed by atoms with E-state index in [4.69, 9.17) is 34.8 Å². The topological polar surface area (TPSA) is 52.4 Å². The van der Waals surface area contributed by atoms with E-state index in [-0.39, 0.29) is 0 Å². The van der Waals surface area contributed by atoms with Crippen LogP contribution in [-0.4, -0.2) is 8.90 Å².